The van der Waals surface area contributed by atoms with Crippen molar-refractivity contribution in [2.24, 2.45) is 0 Å². The van der Waals surface area contributed by atoms with Gasteiger partial charge < -0.3 is 10.1 Å². The van der Waals surface area contributed by atoms with Crippen molar-refractivity contribution in [3.05, 3.63) is 57.8 Å². The molecule has 2 aromatic carbocycles. The van der Waals surface area contributed by atoms with Gasteiger partial charge in [0, 0.05) is 17.2 Å². The van der Waals surface area contributed by atoms with Gasteiger partial charge in [-0.3, -0.25) is 0 Å². The number of hydrogen-bond acceptors (Lipinski definition) is 2. The van der Waals surface area contributed by atoms with E-state index >= 15 is 0 Å². The highest BCUT2D eigenvalue weighted by atomic mass is 35.5. The molecule has 22 heavy (non-hydrogen) atoms. The second-order valence-corrected chi connectivity index (χ2v) is 5.83. The van der Waals surface area contributed by atoms with Crippen molar-refractivity contribution in [3.63, 3.8) is 0 Å². The third-order valence-electron chi connectivity index (χ3n) is 3.27. The Morgan fingerprint density at radius 2 is 1.86 bits per heavy atom. The first-order valence-corrected chi connectivity index (χ1v) is 7.91. The summed E-state index contributed by atoms with van der Waals surface area (Å²) in [5.74, 6) is 0.567. The molecule has 0 bridgehead atoms. The van der Waals surface area contributed by atoms with Crippen LogP contribution in [0.3, 0.4) is 0 Å². The van der Waals surface area contributed by atoms with Crippen molar-refractivity contribution in [1.82, 2.24) is 5.32 Å². The average Bonchev–Trinajstić information content (AvgIpc) is 2.49. The van der Waals surface area contributed by atoms with Crippen LogP contribution in [0.5, 0.6) is 11.5 Å². The Balaban J connectivity index is 2.17. The molecular formula is C17H18Cl2FNO. The summed E-state index contributed by atoms with van der Waals surface area (Å²) in [6.45, 7) is 0.956. The van der Waals surface area contributed by atoms with E-state index in [-0.39, 0.29) is 5.82 Å². The SMILES string of the molecule is CNCCCCc1ccc(F)cc1Oc1cc(Cl)ccc1Cl. The van der Waals surface area contributed by atoms with E-state index in [0.717, 1.165) is 31.4 Å². The first-order valence-electron chi connectivity index (χ1n) is 7.16. The topological polar surface area (TPSA) is 21.3 Å². The van der Waals surface area contributed by atoms with Crippen LogP contribution in [0.2, 0.25) is 10.0 Å². The minimum atomic E-state index is -0.341. The quantitative estimate of drug-likeness (QED) is 0.674. The predicted molar refractivity (Wildman–Crippen MR) is 89.8 cm³/mol. The number of unbranched alkanes of at least 4 members (excludes halogenated alkanes) is 1. The van der Waals surface area contributed by atoms with E-state index in [1.54, 1.807) is 24.3 Å². The molecule has 0 aliphatic rings. The van der Waals surface area contributed by atoms with E-state index in [0.29, 0.717) is 21.5 Å². The van der Waals surface area contributed by atoms with Crippen LogP contribution in [0, 0.1) is 5.82 Å². The highest BCUT2D eigenvalue weighted by Gasteiger charge is 2.10. The van der Waals surface area contributed by atoms with Crippen LogP contribution in [0.25, 0.3) is 0 Å². The van der Waals surface area contributed by atoms with Gasteiger partial charge in [0.2, 0.25) is 0 Å². The van der Waals surface area contributed by atoms with Gasteiger partial charge in [-0.05, 0) is 56.6 Å². The van der Waals surface area contributed by atoms with Crippen molar-refractivity contribution < 1.29 is 9.13 Å². The molecule has 0 spiro atoms. The molecule has 0 atom stereocenters. The van der Waals surface area contributed by atoms with Gasteiger partial charge in [-0.25, -0.2) is 4.39 Å². The van der Waals surface area contributed by atoms with Crippen LogP contribution < -0.4 is 10.1 Å². The molecule has 0 radical (unpaired) electrons. The molecule has 0 aromatic heterocycles. The van der Waals surface area contributed by atoms with E-state index in [4.69, 9.17) is 27.9 Å². The second kappa shape index (κ2) is 8.37. The van der Waals surface area contributed by atoms with Gasteiger partial charge in [-0.1, -0.05) is 29.3 Å². The first-order chi connectivity index (χ1) is 10.6. The summed E-state index contributed by atoms with van der Waals surface area (Å²) in [6.07, 6.45) is 2.85. The summed E-state index contributed by atoms with van der Waals surface area (Å²) in [5, 5.41) is 4.07. The van der Waals surface area contributed by atoms with Crippen LogP contribution in [0.4, 0.5) is 4.39 Å². The molecule has 0 aliphatic heterocycles. The monoisotopic (exact) mass is 341 g/mol. The number of nitrogens with one attached hydrogen (secondary N) is 1. The van der Waals surface area contributed by atoms with E-state index in [2.05, 4.69) is 5.32 Å². The maximum atomic E-state index is 13.5. The third kappa shape index (κ3) is 4.87. The van der Waals surface area contributed by atoms with E-state index < -0.39 is 0 Å². The van der Waals surface area contributed by atoms with E-state index in [1.807, 2.05) is 7.05 Å². The molecule has 0 saturated carbocycles. The van der Waals surface area contributed by atoms with Crippen LogP contribution in [-0.2, 0) is 6.42 Å². The lowest BCUT2D eigenvalue weighted by Crippen LogP contribution is -2.07. The summed E-state index contributed by atoms with van der Waals surface area (Å²) in [7, 11) is 1.92. The number of ether oxygens (including phenoxy) is 1. The maximum Gasteiger partial charge on any atom is 0.147 e. The molecule has 0 saturated heterocycles. The van der Waals surface area contributed by atoms with Gasteiger partial charge in [0.1, 0.15) is 17.3 Å². The fourth-order valence-electron chi connectivity index (χ4n) is 2.12. The molecule has 2 aromatic rings. The summed E-state index contributed by atoms with van der Waals surface area (Å²) >= 11 is 12.1. The van der Waals surface area contributed by atoms with E-state index in [1.165, 1.54) is 12.1 Å². The summed E-state index contributed by atoms with van der Waals surface area (Å²) < 4.78 is 19.3. The standard InChI is InChI=1S/C17H18Cl2FNO/c1-21-9-3-2-4-12-5-7-14(20)11-16(12)22-17-10-13(18)6-8-15(17)19/h5-8,10-11,21H,2-4,9H2,1H3. The molecule has 0 heterocycles. The van der Waals surface area contributed by atoms with Crippen molar-refractivity contribution in [2.75, 3.05) is 13.6 Å². The van der Waals surface area contributed by atoms with Gasteiger partial charge in [0.15, 0.2) is 0 Å². The largest absolute Gasteiger partial charge is 0.455 e. The lowest BCUT2D eigenvalue weighted by atomic mass is 10.1. The molecule has 118 valence electrons. The fourth-order valence-corrected chi connectivity index (χ4v) is 2.44. The molecule has 0 amide bonds. The lowest BCUT2D eigenvalue weighted by Gasteiger charge is -2.13. The zero-order chi connectivity index (χ0) is 15.9. The van der Waals surface area contributed by atoms with Crippen molar-refractivity contribution in [2.45, 2.75) is 19.3 Å². The number of benzene rings is 2. The molecule has 0 unspecified atom stereocenters. The molecule has 1 N–H and O–H groups in total. The smallest absolute Gasteiger partial charge is 0.147 e. The normalized spacial score (nSPS) is 10.7. The number of rotatable bonds is 7. The average molecular weight is 342 g/mol. The Hall–Kier alpha value is -1.29. The van der Waals surface area contributed by atoms with Crippen molar-refractivity contribution in [1.29, 1.82) is 0 Å². The molecule has 2 nitrogen and oxygen atoms in total. The zero-order valence-corrected chi connectivity index (χ0v) is 13.8. The van der Waals surface area contributed by atoms with Crippen LogP contribution >= 0.6 is 23.2 Å². The number of hydrogen-bond donors (Lipinski definition) is 1. The van der Waals surface area contributed by atoms with Crippen LogP contribution in [0.1, 0.15) is 18.4 Å². The van der Waals surface area contributed by atoms with Gasteiger partial charge in [0.25, 0.3) is 0 Å². The summed E-state index contributed by atoms with van der Waals surface area (Å²) in [4.78, 5) is 0. The van der Waals surface area contributed by atoms with Gasteiger partial charge in [-0.2, -0.15) is 0 Å². The van der Waals surface area contributed by atoms with Gasteiger partial charge in [0.05, 0.1) is 5.02 Å². The molecular weight excluding hydrogens is 324 g/mol. The molecule has 0 aliphatic carbocycles. The number of halogens is 3. The fraction of sp³-hybridized carbons (Fsp3) is 0.294. The minimum Gasteiger partial charge on any atom is -0.455 e. The Kier molecular flexibility index (Phi) is 6.49. The Bertz CT molecular complexity index is 634. The van der Waals surface area contributed by atoms with Crippen LogP contribution in [-0.4, -0.2) is 13.6 Å². The Morgan fingerprint density at radius 1 is 1.05 bits per heavy atom. The molecule has 2 rings (SSSR count). The Morgan fingerprint density at radius 3 is 2.64 bits per heavy atom. The summed E-state index contributed by atoms with van der Waals surface area (Å²) in [6, 6.07) is 9.54. The van der Waals surface area contributed by atoms with Crippen molar-refractivity contribution >= 4 is 23.2 Å². The third-order valence-corrected chi connectivity index (χ3v) is 3.81. The zero-order valence-electron chi connectivity index (χ0n) is 12.3. The maximum absolute atomic E-state index is 13.5. The van der Waals surface area contributed by atoms with Crippen LogP contribution in [0.15, 0.2) is 36.4 Å². The molecule has 5 heteroatoms. The lowest BCUT2D eigenvalue weighted by molar-refractivity contribution is 0.469. The van der Waals surface area contributed by atoms with Crippen molar-refractivity contribution in [3.8, 4) is 11.5 Å². The predicted octanol–water partition coefficient (Wildman–Crippen LogP) is 5.47. The van der Waals surface area contributed by atoms with Gasteiger partial charge >= 0.3 is 0 Å². The van der Waals surface area contributed by atoms with E-state index in [9.17, 15) is 4.39 Å². The second-order valence-electron chi connectivity index (χ2n) is 4.99. The highest BCUT2D eigenvalue weighted by molar-refractivity contribution is 6.34. The van der Waals surface area contributed by atoms with Gasteiger partial charge in [-0.15, -0.1) is 0 Å². The highest BCUT2D eigenvalue weighted by Crippen LogP contribution is 2.34. The summed E-state index contributed by atoms with van der Waals surface area (Å²) in [5.41, 5.74) is 0.952. The minimum absolute atomic E-state index is 0.341. The number of aryl methyl sites for hydroxylation is 1. The first kappa shape index (κ1) is 17.1. The molecule has 0 fully saturated rings. The Labute approximate surface area is 140 Å².